The minimum atomic E-state index is -0.976. The van der Waals surface area contributed by atoms with Gasteiger partial charge in [0.15, 0.2) is 0 Å². The summed E-state index contributed by atoms with van der Waals surface area (Å²) >= 11 is 0. The molecule has 0 spiro atoms. The van der Waals surface area contributed by atoms with Crippen molar-refractivity contribution in [3.63, 3.8) is 0 Å². The summed E-state index contributed by atoms with van der Waals surface area (Å²) in [5.41, 5.74) is 5.05. The first-order valence-electron chi connectivity index (χ1n) is 5.27. The lowest BCUT2D eigenvalue weighted by Crippen LogP contribution is -2.48. The van der Waals surface area contributed by atoms with Crippen molar-refractivity contribution in [2.45, 2.75) is 26.3 Å². The molecular formula is C10H19N3O4. The molecule has 0 aliphatic carbocycles. The van der Waals surface area contributed by atoms with Crippen LogP contribution in [0.1, 0.15) is 20.3 Å². The van der Waals surface area contributed by atoms with E-state index in [1.807, 2.05) is 0 Å². The Bertz CT molecular complexity index is 304. The third-order valence-corrected chi connectivity index (χ3v) is 2.18. The molecule has 0 saturated heterocycles. The van der Waals surface area contributed by atoms with Gasteiger partial charge in [0.2, 0.25) is 5.91 Å². The molecule has 0 aromatic carbocycles. The van der Waals surface area contributed by atoms with Gasteiger partial charge >= 0.3 is 12.0 Å². The smallest absolute Gasteiger partial charge is 0.320 e. The Morgan fingerprint density at radius 1 is 1.29 bits per heavy atom. The Balaban J connectivity index is 4.49. The fourth-order valence-electron chi connectivity index (χ4n) is 1.22. The van der Waals surface area contributed by atoms with E-state index in [9.17, 15) is 14.4 Å². The van der Waals surface area contributed by atoms with E-state index in [4.69, 9.17) is 10.8 Å². The number of nitrogens with zero attached hydrogens (tertiary/aromatic N) is 2. The molecule has 0 bridgehead atoms. The zero-order valence-electron chi connectivity index (χ0n) is 10.3. The van der Waals surface area contributed by atoms with Crippen molar-refractivity contribution in [2.75, 3.05) is 20.1 Å². The number of amides is 3. The quantitative estimate of drug-likeness (QED) is 0.670. The van der Waals surface area contributed by atoms with Gasteiger partial charge in [-0.05, 0) is 13.8 Å². The Morgan fingerprint density at radius 2 is 1.82 bits per heavy atom. The van der Waals surface area contributed by atoms with Crippen molar-refractivity contribution in [1.29, 1.82) is 0 Å². The second-order valence-corrected chi connectivity index (χ2v) is 4.04. The minimum Gasteiger partial charge on any atom is -0.481 e. The zero-order chi connectivity index (χ0) is 13.6. The fraction of sp³-hybridized carbons (Fsp3) is 0.700. The summed E-state index contributed by atoms with van der Waals surface area (Å²) in [6.07, 6.45) is -0.134. The van der Waals surface area contributed by atoms with Crippen LogP contribution in [0.15, 0.2) is 0 Å². The second-order valence-electron chi connectivity index (χ2n) is 4.04. The highest BCUT2D eigenvalue weighted by atomic mass is 16.4. The maximum atomic E-state index is 11.9. The van der Waals surface area contributed by atoms with Crippen LogP contribution < -0.4 is 5.73 Å². The van der Waals surface area contributed by atoms with E-state index in [0.29, 0.717) is 0 Å². The molecule has 17 heavy (non-hydrogen) atoms. The van der Waals surface area contributed by atoms with Crippen LogP contribution in [0, 0.1) is 0 Å². The SMILES string of the molecule is CC(C)N(CC(N)=O)C(=O)N(C)CCC(=O)O. The van der Waals surface area contributed by atoms with Crippen molar-refractivity contribution in [2.24, 2.45) is 5.73 Å². The second kappa shape index (κ2) is 6.72. The van der Waals surface area contributed by atoms with Crippen LogP contribution in [0.4, 0.5) is 4.79 Å². The summed E-state index contributed by atoms with van der Waals surface area (Å²) in [6.45, 7) is 3.43. The van der Waals surface area contributed by atoms with Crippen LogP contribution in [-0.2, 0) is 9.59 Å². The number of primary amides is 1. The molecule has 0 saturated carbocycles. The van der Waals surface area contributed by atoms with Crippen molar-refractivity contribution < 1.29 is 19.5 Å². The molecule has 0 unspecified atom stereocenters. The fourth-order valence-corrected chi connectivity index (χ4v) is 1.22. The van der Waals surface area contributed by atoms with Crippen molar-refractivity contribution in [3.05, 3.63) is 0 Å². The Labute approximate surface area is 100 Å². The monoisotopic (exact) mass is 245 g/mol. The summed E-state index contributed by atoms with van der Waals surface area (Å²) in [5, 5.41) is 8.51. The number of carbonyl (C=O) groups is 3. The van der Waals surface area contributed by atoms with E-state index in [0.717, 1.165) is 0 Å². The molecule has 98 valence electrons. The van der Waals surface area contributed by atoms with Crippen LogP contribution in [0.2, 0.25) is 0 Å². The van der Waals surface area contributed by atoms with Crippen LogP contribution in [-0.4, -0.2) is 59.0 Å². The van der Waals surface area contributed by atoms with Gasteiger partial charge in [-0.25, -0.2) is 4.79 Å². The molecule has 7 nitrogen and oxygen atoms in total. The number of carbonyl (C=O) groups excluding carboxylic acids is 2. The lowest BCUT2D eigenvalue weighted by molar-refractivity contribution is -0.137. The predicted molar refractivity (Wildman–Crippen MR) is 61.3 cm³/mol. The minimum absolute atomic E-state index is 0.0934. The van der Waals surface area contributed by atoms with E-state index in [1.165, 1.54) is 16.8 Å². The van der Waals surface area contributed by atoms with Gasteiger partial charge in [-0.2, -0.15) is 0 Å². The van der Waals surface area contributed by atoms with Crippen molar-refractivity contribution >= 4 is 17.9 Å². The van der Waals surface area contributed by atoms with Crippen LogP contribution >= 0.6 is 0 Å². The molecule has 0 aromatic rings. The number of carboxylic acid groups (broad SMARTS) is 1. The lowest BCUT2D eigenvalue weighted by atomic mass is 10.3. The molecule has 3 amide bonds. The highest BCUT2D eigenvalue weighted by Gasteiger charge is 2.22. The average Bonchev–Trinajstić information content (AvgIpc) is 2.20. The van der Waals surface area contributed by atoms with Crippen LogP contribution in [0.3, 0.4) is 0 Å². The molecule has 0 radical (unpaired) electrons. The van der Waals surface area contributed by atoms with Gasteiger partial charge in [-0.1, -0.05) is 0 Å². The third kappa shape index (κ3) is 5.74. The molecule has 0 aliphatic heterocycles. The Hall–Kier alpha value is -1.79. The van der Waals surface area contributed by atoms with E-state index >= 15 is 0 Å². The van der Waals surface area contributed by atoms with Gasteiger partial charge in [-0.3, -0.25) is 9.59 Å². The molecule has 0 atom stereocenters. The maximum Gasteiger partial charge on any atom is 0.320 e. The lowest BCUT2D eigenvalue weighted by Gasteiger charge is -2.30. The normalized spacial score (nSPS) is 10.1. The third-order valence-electron chi connectivity index (χ3n) is 2.18. The van der Waals surface area contributed by atoms with Crippen LogP contribution in [0.25, 0.3) is 0 Å². The molecule has 0 fully saturated rings. The summed E-state index contributed by atoms with van der Waals surface area (Å²) in [6, 6.07) is -0.581. The average molecular weight is 245 g/mol. The standard InChI is InChI=1S/C10H19N3O4/c1-7(2)13(6-8(11)14)10(17)12(3)5-4-9(15)16/h7H,4-6H2,1-3H3,(H2,11,14)(H,15,16). The molecule has 0 aliphatic rings. The molecule has 7 heteroatoms. The number of carboxylic acids is 1. The number of nitrogens with two attached hydrogens (primary N) is 1. The van der Waals surface area contributed by atoms with Gasteiger partial charge in [0.25, 0.3) is 0 Å². The molecule has 0 heterocycles. The van der Waals surface area contributed by atoms with Gasteiger partial charge in [0.1, 0.15) is 6.54 Å². The molecule has 0 aromatic heterocycles. The summed E-state index contributed by atoms with van der Waals surface area (Å²) < 4.78 is 0. The number of hydrogen-bond donors (Lipinski definition) is 2. The highest BCUT2D eigenvalue weighted by Crippen LogP contribution is 2.03. The van der Waals surface area contributed by atoms with Crippen molar-refractivity contribution in [1.82, 2.24) is 9.80 Å². The molecule has 0 rings (SSSR count). The maximum absolute atomic E-state index is 11.9. The Kier molecular flexibility index (Phi) is 6.01. The zero-order valence-corrected chi connectivity index (χ0v) is 10.3. The molecular weight excluding hydrogens is 226 g/mol. The van der Waals surface area contributed by atoms with Crippen LogP contribution in [0.5, 0.6) is 0 Å². The summed E-state index contributed by atoms with van der Waals surface area (Å²) in [4.78, 5) is 35.6. The Morgan fingerprint density at radius 3 is 2.18 bits per heavy atom. The summed E-state index contributed by atoms with van der Waals surface area (Å²) in [7, 11) is 1.49. The van der Waals surface area contributed by atoms with E-state index in [-0.39, 0.29) is 25.6 Å². The predicted octanol–water partition coefficient (Wildman–Crippen LogP) is -0.291. The first-order valence-corrected chi connectivity index (χ1v) is 5.27. The van der Waals surface area contributed by atoms with E-state index in [2.05, 4.69) is 0 Å². The summed E-state index contributed by atoms with van der Waals surface area (Å²) in [5.74, 6) is -1.57. The number of rotatable bonds is 6. The van der Waals surface area contributed by atoms with E-state index in [1.54, 1.807) is 13.8 Å². The van der Waals surface area contributed by atoms with E-state index < -0.39 is 17.9 Å². The molecule has 3 N–H and O–H groups in total. The topological polar surface area (TPSA) is 104 Å². The highest BCUT2D eigenvalue weighted by molar-refractivity contribution is 5.83. The van der Waals surface area contributed by atoms with Gasteiger partial charge in [-0.15, -0.1) is 0 Å². The first kappa shape index (κ1) is 15.2. The van der Waals surface area contributed by atoms with Crippen molar-refractivity contribution in [3.8, 4) is 0 Å². The largest absolute Gasteiger partial charge is 0.481 e. The number of hydrogen-bond acceptors (Lipinski definition) is 3. The van der Waals surface area contributed by atoms with Gasteiger partial charge < -0.3 is 20.6 Å². The number of aliphatic carboxylic acids is 1. The van der Waals surface area contributed by atoms with Gasteiger partial charge in [0, 0.05) is 19.6 Å². The van der Waals surface area contributed by atoms with Gasteiger partial charge in [0.05, 0.1) is 6.42 Å². The first-order chi connectivity index (χ1) is 7.75. The number of urea groups is 1.